The Morgan fingerprint density at radius 1 is 1.19 bits per heavy atom. The molecule has 2 aromatic carbocycles. The minimum Gasteiger partial charge on any atom is -0.372 e. The van der Waals surface area contributed by atoms with E-state index in [-0.39, 0.29) is 31.2 Å². The van der Waals surface area contributed by atoms with Gasteiger partial charge in [-0.05, 0) is 66.8 Å². The van der Waals surface area contributed by atoms with Crippen LogP contribution >= 0.6 is 0 Å². The lowest BCUT2D eigenvalue weighted by Crippen LogP contribution is -2.52. The molecule has 0 aliphatic carbocycles. The van der Waals surface area contributed by atoms with Crippen molar-refractivity contribution in [2.75, 3.05) is 29.4 Å². The monoisotopic (exact) mass is 439 g/mol. The molecular weight excluding hydrogens is 413 g/mol. The summed E-state index contributed by atoms with van der Waals surface area (Å²) in [5.41, 5.74) is 1.75. The van der Waals surface area contributed by atoms with Crippen molar-refractivity contribution in [1.82, 2.24) is 5.32 Å². The summed E-state index contributed by atoms with van der Waals surface area (Å²) < 4.78 is 13.5. The van der Waals surface area contributed by atoms with Crippen molar-refractivity contribution in [3.63, 3.8) is 0 Å². The molecule has 2 heterocycles. The van der Waals surface area contributed by atoms with Crippen molar-refractivity contribution in [1.29, 1.82) is 0 Å². The van der Waals surface area contributed by atoms with Crippen molar-refractivity contribution in [2.24, 2.45) is 0 Å². The number of hydrogen-bond donors (Lipinski definition) is 2. The summed E-state index contributed by atoms with van der Waals surface area (Å²) in [7, 11) is 0. The smallest absolute Gasteiger partial charge is 0.268 e. The maximum Gasteiger partial charge on any atom is 0.268 e. The number of nitrogens with one attached hydrogen (secondary N) is 1. The lowest BCUT2D eigenvalue weighted by molar-refractivity contribution is -0.149. The van der Waals surface area contributed by atoms with Gasteiger partial charge in [-0.15, -0.1) is 0 Å². The Bertz CT molecular complexity index is 1080. The number of benzene rings is 2. The fourth-order valence-electron chi connectivity index (χ4n) is 4.47. The fourth-order valence-corrected chi connectivity index (χ4v) is 4.47. The van der Waals surface area contributed by atoms with Gasteiger partial charge in [-0.1, -0.05) is 6.07 Å². The second kappa shape index (κ2) is 8.35. The van der Waals surface area contributed by atoms with Crippen LogP contribution in [0.2, 0.25) is 0 Å². The first kappa shape index (κ1) is 22.0. The zero-order valence-corrected chi connectivity index (χ0v) is 18.2. The quantitative estimate of drug-likeness (QED) is 0.696. The van der Waals surface area contributed by atoms with Gasteiger partial charge in [0, 0.05) is 44.4 Å². The Morgan fingerprint density at radius 3 is 2.69 bits per heavy atom. The molecule has 32 heavy (non-hydrogen) atoms. The summed E-state index contributed by atoms with van der Waals surface area (Å²) in [4.78, 5) is 40.5. The number of aliphatic hydroxyl groups is 1. The minimum absolute atomic E-state index is 0.0204. The Kier molecular flexibility index (Phi) is 5.73. The lowest BCUT2D eigenvalue weighted by Gasteiger charge is -2.22. The molecule has 0 saturated carbocycles. The third-order valence-electron chi connectivity index (χ3n) is 6.12. The normalized spacial score (nSPS) is 19.9. The average Bonchev–Trinajstić information content (AvgIpc) is 3.29. The SMILES string of the molecule is CC(=O)N1CCc2cc(N3CCC(O)(C(=O)NCCc4cc(C)cc(F)c4)C3=O)ccc21. The summed E-state index contributed by atoms with van der Waals surface area (Å²) in [6.45, 7) is 4.29. The highest BCUT2D eigenvalue weighted by molar-refractivity contribution is 6.16. The van der Waals surface area contributed by atoms with Crippen LogP contribution in [-0.2, 0) is 27.2 Å². The molecular formula is C24H26FN3O4. The Balaban J connectivity index is 1.41. The molecule has 2 aliphatic rings. The summed E-state index contributed by atoms with van der Waals surface area (Å²) in [5.74, 6) is -1.79. The van der Waals surface area contributed by atoms with Gasteiger partial charge in [0.2, 0.25) is 11.5 Å². The number of carbonyl (C=O) groups is 3. The van der Waals surface area contributed by atoms with Gasteiger partial charge in [0.25, 0.3) is 11.8 Å². The van der Waals surface area contributed by atoms with Gasteiger partial charge in [0.1, 0.15) is 5.82 Å². The van der Waals surface area contributed by atoms with Crippen LogP contribution in [0.15, 0.2) is 36.4 Å². The molecule has 0 spiro atoms. The molecule has 4 rings (SSSR count). The van der Waals surface area contributed by atoms with E-state index in [1.807, 2.05) is 12.1 Å². The standard InChI is InChI=1S/C24H26FN3O4/c1-15-11-17(13-19(25)12-15)5-8-26-22(30)24(32)7-10-28(23(24)31)20-3-4-21-18(14-20)6-9-27(21)16(2)29/h3-4,11-14,32H,5-10H2,1-2H3,(H,26,30). The second-order valence-electron chi connectivity index (χ2n) is 8.44. The average molecular weight is 439 g/mol. The zero-order valence-electron chi connectivity index (χ0n) is 18.2. The Morgan fingerprint density at radius 2 is 1.97 bits per heavy atom. The van der Waals surface area contributed by atoms with E-state index in [1.165, 1.54) is 24.0 Å². The summed E-state index contributed by atoms with van der Waals surface area (Å²) in [6.07, 6.45) is 1.05. The molecule has 7 nitrogen and oxygen atoms in total. The number of hydrogen-bond acceptors (Lipinski definition) is 4. The van der Waals surface area contributed by atoms with Crippen LogP contribution in [0.4, 0.5) is 15.8 Å². The number of halogens is 1. The van der Waals surface area contributed by atoms with E-state index < -0.39 is 17.4 Å². The second-order valence-corrected chi connectivity index (χ2v) is 8.44. The molecule has 2 aromatic rings. The summed E-state index contributed by atoms with van der Waals surface area (Å²) in [5, 5.41) is 13.4. The molecule has 168 valence electrons. The number of fused-ring (bicyclic) bond motifs is 1. The number of rotatable bonds is 5. The van der Waals surface area contributed by atoms with E-state index in [9.17, 15) is 23.9 Å². The van der Waals surface area contributed by atoms with Crippen LogP contribution in [0.3, 0.4) is 0 Å². The van der Waals surface area contributed by atoms with Gasteiger partial charge in [0.15, 0.2) is 0 Å². The van der Waals surface area contributed by atoms with E-state index in [4.69, 9.17) is 0 Å². The third-order valence-corrected chi connectivity index (χ3v) is 6.12. The van der Waals surface area contributed by atoms with Crippen molar-refractivity contribution in [3.05, 3.63) is 58.9 Å². The van der Waals surface area contributed by atoms with Crippen LogP contribution in [0.1, 0.15) is 30.0 Å². The molecule has 1 unspecified atom stereocenters. The van der Waals surface area contributed by atoms with Gasteiger partial charge < -0.3 is 20.2 Å². The van der Waals surface area contributed by atoms with Crippen LogP contribution in [0, 0.1) is 12.7 Å². The largest absolute Gasteiger partial charge is 0.372 e. The van der Waals surface area contributed by atoms with E-state index in [1.54, 1.807) is 24.0 Å². The van der Waals surface area contributed by atoms with Crippen molar-refractivity contribution in [2.45, 2.75) is 38.7 Å². The first-order chi connectivity index (χ1) is 15.2. The van der Waals surface area contributed by atoms with Crippen molar-refractivity contribution in [3.8, 4) is 0 Å². The highest BCUT2D eigenvalue weighted by Gasteiger charge is 2.51. The Hall–Kier alpha value is -3.26. The minimum atomic E-state index is -2.14. The number of amides is 3. The molecule has 2 aliphatic heterocycles. The molecule has 1 atom stereocenters. The van der Waals surface area contributed by atoms with Crippen LogP contribution in [0.5, 0.6) is 0 Å². The number of aryl methyl sites for hydroxylation is 1. The van der Waals surface area contributed by atoms with Gasteiger partial charge in [-0.2, -0.15) is 0 Å². The summed E-state index contributed by atoms with van der Waals surface area (Å²) >= 11 is 0. The zero-order chi connectivity index (χ0) is 23.0. The molecule has 1 fully saturated rings. The molecule has 3 amide bonds. The highest BCUT2D eigenvalue weighted by Crippen LogP contribution is 2.35. The highest BCUT2D eigenvalue weighted by atomic mass is 19.1. The molecule has 2 N–H and O–H groups in total. The molecule has 1 saturated heterocycles. The Labute approximate surface area is 185 Å². The number of carbonyl (C=O) groups excluding carboxylic acids is 3. The van der Waals surface area contributed by atoms with Crippen molar-refractivity contribution < 1.29 is 23.9 Å². The molecule has 0 radical (unpaired) electrons. The van der Waals surface area contributed by atoms with Gasteiger partial charge in [-0.3, -0.25) is 14.4 Å². The maximum absolute atomic E-state index is 13.5. The lowest BCUT2D eigenvalue weighted by atomic mass is 10.0. The van der Waals surface area contributed by atoms with E-state index in [2.05, 4.69) is 5.32 Å². The first-order valence-corrected chi connectivity index (χ1v) is 10.7. The van der Waals surface area contributed by atoms with E-state index in [0.717, 1.165) is 22.4 Å². The van der Waals surface area contributed by atoms with Gasteiger partial charge in [0.05, 0.1) is 0 Å². The molecule has 8 heteroatoms. The van der Waals surface area contributed by atoms with Crippen LogP contribution in [-0.4, -0.2) is 48.1 Å². The van der Waals surface area contributed by atoms with Crippen molar-refractivity contribution >= 4 is 29.1 Å². The predicted octanol–water partition coefficient (Wildman–Crippen LogP) is 1.87. The topological polar surface area (TPSA) is 89.9 Å². The maximum atomic E-state index is 13.5. The third kappa shape index (κ3) is 3.98. The molecule has 0 aromatic heterocycles. The van der Waals surface area contributed by atoms with Crippen LogP contribution < -0.4 is 15.1 Å². The number of nitrogens with zero attached hydrogens (tertiary/aromatic N) is 2. The van der Waals surface area contributed by atoms with E-state index >= 15 is 0 Å². The first-order valence-electron chi connectivity index (χ1n) is 10.7. The van der Waals surface area contributed by atoms with Gasteiger partial charge in [-0.25, -0.2) is 4.39 Å². The fraction of sp³-hybridized carbons (Fsp3) is 0.375. The summed E-state index contributed by atoms with van der Waals surface area (Å²) in [6, 6.07) is 10.0. The molecule has 0 bridgehead atoms. The predicted molar refractivity (Wildman–Crippen MR) is 118 cm³/mol. The number of anilines is 2. The van der Waals surface area contributed by atoms with Crippen LogP contribution in [0.25, 0.3) is 0 Å². The van der Waals surface area contributed by atoms with Gasteiger partial charge >= 0.3 is 0 Å². The van der Waals surface area contributed by atoms with E-state index in [0.29, 0.717) is 25.1 Å².